The number of anilines is 1. The number of carbonyl (C=O) groups excluding carboxylic acids is 1. The lowest BCUT2D eigenvalue weighted by Gasteiger charge is -2.22. The maximum atomic E-state index is 12.2. The van der Waals surface area contributed by atoms with Gasteiger partial charge in [0.1, 0.15) is 6.54 Å². The Bertz CT molecular complexity index is 1110. The number of halogens is 2. The van der Waals surface area contributed by atoms with E-state index in [-0.39, 0.29) is 27.2 Å². The molecule has 2 aromatic carbocycles. The third-order valence-electron chi connectivity index (χ3n) is 3.67. The molecule has 0 aliphatic carbocycles. The van der Waals surface area contributed by atoms with Gasteiger partial charge in [-0.05, 0) is 30.3 Å². The molecular weight excluding hydrogens is 459 g/mol. The SMILES string of the molecule is COc1ccc(/C=N\NC(=O)CN(c2cc(Cl)ccc2Cl)S(C)(=O)=O)cc1[N+](=O)[O-]. The number of hydrogen-bond acceptors (Lipinski definition) is 7. The first kappa shape index (κ1) is 23.4. The number of nitrogens with one attached hydrogen (secondary N) is 1. The van der Waals surface area contributed by atoms with E-state index in [9.17, 15) is 23.3 Å². The summed E-state index contributed by atoms with van der Waals surface area (Å²) in [7, 11) is -2.56. The number of ether oxygens (including phenoxy) is 1. The first-order valence-electron chi connectivity index (χ1n) is 8.10. The summed E-state index contributed by atoms with van der Waals surface area (Å²) in [6.45, 7) is -0.612. The summed E-state index contributed by atoms with van der Waals surface area (Å²) >= 11 is 11.9. The van der Waals surface area contributed by atoms with Crippen molar-refractivity contribution in [1.82, 2.24) is 5.43 Å². The fraction of sp³-hybridized carbons (Fsp3) is 0.176. The first-order chi connectivity index (χ1) is 14.0. The van der Waals surface area contributed by atoms with Crippen LogP contribution in [-0.2, 0) is 14.8 Å². The van der Waals surface area contributed by atoms with Gasteiger partial charge in [0.25, 0.3) is 5.91 Å². The molecule has 1 amide bonds. The Morgan fingerprint density at radius 3 is 2.60 bits per heavy atom. The van der Waals surface area contributed by atoms with E-state index in [1.165, 1.54) is 49.7 Å². The van der Waals surface area contributed by atoms with E-state index in [0.717, 1.165) is 10.6 Å². The highest BCUT2D eigenvalue weighted by Crippen LogP contribution is 2.30. The summed E-state index contributed by atoms with van der Waals surface area (Å²) in [6.07, 6.45) is 2.08. The van der Waals surface area contributed by atoms with E-state index in [2.05, 4.69) is 10.5 Å². The second-order valence-corrected chi connectivity index (χ2v) is 8.60. The van der Waals surface area contributed by atoms with Crippen molar-refractivity contribution in [2.75, 3.05) is 24.2 Å². The summed E-state index contributed by atoms with van der Waals surface area (Å²) < 4.78 is 29.9. The Morgan fingerprint density at radius 1 is 1.30 bits per heavy atom. The van der Waals surface area contributed by atoms with Crippen LogP contribution in [0.15, 0.2) is 41.5 Å². The van der Waals surface area contributed by atoms with Crippen molar-refractivity contribution in [1.29, 1.82) is 0 Å². The van der Waals surface area contributed by atoms with Gasteiger partial charge in [0, 0.05) is 16.7 Å². The van der Waals surface area contributed by atoms with E-state index < -0.39 is 27.4 Å². The zero-order valence-corrected chi connectivity index (χ0v) is 18.0. The highest BCUT2D eigenvalue weighted by atomic mass is 35.5. The summed E-state index contributed by atoms with van der Waals surface area (Å²) in [5.41, 5.74) is 2.25. The summed E-state index contributed by atoms with van der Waals surface area (Å²) in [4.78, 5) is 22.6. The van der Waals surface area contributed by atoms with Crippen molar-refractivity contribution < 1.29 is 22.9 Å². The lowest BCUT2D eigenvalue weighted by Crippen LogP contribution is -2.39. The molecule has 30 heavy (non-hydrogen) atoms. The number of methoxy groups -OCH3 is 1. The molecule has 0 saturated heterocycles. The molecule has 2 rings (SSSR count). The van der Waals surface area contributed by atoms with E-state index in [1.54, 1.807) is 0 Å². The molecule has 13 heteroatoms. The number of hydrogen-bond donors (Lipinski definition) is 1. The average Bonchev–Trinajstić information content (AvgIpc) is 2.67. The van der Waals surface area contributed by atoms with Crippen LogP contribution in [0.4, 0.5) is 11.4 Å². The van der Waals surface area contributed by atoms with Gasteiger partial charge in [-0.1, -0.05) is 23.2 Å². The number of carbonyl (C=O) groups is 1. The molecule has 2 aromatic rings. The second kappa shape index (κ2) is 9.74. The first-order valence-corrected chi connectivity index (χ1v) is 10.7. The van der Waals surface area contributed by atoms with Gasteiger partial charge in [0.2, 0.25) is 10.0 Å². The Morgan fingerprint density at radius 2 is 2.00 bits per heavy atom. The molecule has 0 bridgehead atoms. The van der Waals surface area contributed by atoms with Crippen LogP contribution in [0, 0.1) is 10.1 Å². The Balaban J connectivity index is 2.16. The molecule has 160 valence electrons. The highest BCUT2D eigenvalue weighted by molar-refractivity contribution is 7.92. The van der Waals surface area contributed by atoms with Crippen LogP contribution in [0.1, 0.15) is 5.56 Å². The minimum absolute atomic E-state index is 0.0385. The maximum Gasteiger partial charge on any atom is 0.311 e. The molecule has 0 heterocycles. The highest BCUT2D eigenvalue weighted by Gasteiger charge is 2.23. The van der Waals surface area contributed by atoms with Gasteiger partial charge in [-0.2, -0.15) is 5.10 Å². The molecule has 0 saturated carbocycles. The van der Waals surface area contributed by atoms with Crippen LogP contribution in [0.2, 0.25) is 10.0 Å². The molecule has 0 aliphatic rings. The normalized spacial score (nSPS) is 11.3. The van der Waals surface area contributed by atoms with Crippen LogP contribution < -0.4 is 14.5 Å². The van der Waals surface area contributed by atoms with Crippen LogP contribution in [0.25, 0.3) is 0 Å². The number of hydrazone groups is 1. The van der Waals surface area contributed by atoms with Crippen molar-refractivity contribution in [3.05, 3.63) is 62.1 Å². The minimum Gasteiger partial charge on any atom is -0.490 e. The van der Waals surface area contributed by atoms with E-state index in [1.807, 2.05) is 0 Å². The zero-order chi connectivity index (χ0) is 22.5. The Kier molecular flexibility index (Phi) is 7.59. The zero-order valence-electron chi connectivity index (χ0n) is 15.7. The number of rotatable bonds is 8. The van der Waals surface area contributed by atoms with Gasteiger partial charge in [-0.25, -0.2) is 13.8 Å². The van der Waals surface area contributed by atoms with Crippen molar-refractivity contribution in [2.45, 2.75) is 0 Å². The van der Waals surface area contributed by atoms with Crippen LogP contribution in [0.5, 0.6) is 5.75 Å². The van der Waals surface area contributed by atoms with Crippen LogP contribution in [0.3, 0.4) is 0 Å². The average molecular weight is 475 g/mol. The predicted octanol–water partition coefficient (Wildman–Crippen LogP) is 2.83. The van der Waals surface area contributed by atoms with Gasteiger partial charge < -0.3 is 4.74 Å². The maximum absolute atomic E-state index is 12.2. The number of nitrogens with zero attached hydrogens (tertiary/aromatic N) is 3. The number of amides is 1. The number of nitro groups is 1. The standard InChI is InChI=1S/C17H16Cl2N4O6S/c1-29-16-6-3-11(7-15(16)23(25)26)9-20-21-17(24)10-22(30(2,27)28)14-8-12(18)4-5-13(14)19/h3-9H,10H2,1-2H3,(H,21,24)/b20-9-. The predicted molar refractivity (Wildman–Crippen MR) is 114 cm³/mol. The van der Waals surface area contributed by atoms with E-state index >= 15 is 0 Å². The Labute approximate surface area is 182 Å². The van der Waals surface area contributed by atoms with Crippen molar-refractivity contribution >= 4 is 56.7 Å². The summed E-state index contributed by atoms with van der Waals surface area (Å²) in [5, 5.41) is 15.1. The minimum atomic E-state index is -3.86. The van der Waals surface area contributed by atoms with Crippen molar-refractivity contribution in [2.24, 2.45) is 5.10 Å². The summed E-state index contributed by atoms with van der Waals surface area (Å²) in [5.74, 6) is -0.695. The third-order valence-corrected chi connectivity index (χ3v) is 5.35. The van der Waals surface area contributed by atoms with Gasteiger partial charge >= 0.3 is 5.69 Å². The van der Waals surface area contributed by atoms with Crippen molar-refractivity contribution in [3.8, 4) is 5.75 Å². The molecule has 0 fully saturated rings. The molecule has 0 atom stereocenters. The molecule has 1 N–H and O–H groups in total. The van der Waals surface area contributed by atoms with Gasteiger partial charge in [-0.15, -0.1) is 0 Å². The number of nitro benzene ring substituents is 1. The molecule has 0 aliphatic heterocycles. The van der Waals surface area contributed by atoms with Crippen LogP contribution >= 0.6 is 23.2 Å². The van der Waals surface area contributed by atoms with Crippen LogP contribution in [-0.4, -0.2) is 45.4 Å². The summed E-state index contributed by atoms with van der Waals surface area (Å²) in [6, 6.07) is 8.29. The Hall–Kier alpha value is -2.89. The quantitative estimate of drug-likeness (QED) is 0.355. The molecule has 0 aromatic heterocycles. The number of sulfonamides is 1. The van der Waals surface area contributed by atoms with Crippen molar-refractivity contribution in [3.63, 3.8) is 0 Å². The molecule has 0 spiro atoms. The smallest absolute Gasteiger partial charge is 0.311 e. The topological polar surface area (TPSA) is 131 Å². The second-order valence-electron chi connectivity index (χ2n) is 5.85. The lowest BCUT2D eigenvalue weighted by molar-refractivity contribution is -0.385. The molecule has 0 radical (unpaired) electrons. The van der Waals surface area contributed by atoms with E-state index in [0.29, 0.717) is 5.56 Å². The van der Waals surface area contributed by atoms with E-state index in [4.69, 9.17) is 27.9 Å². The fourth-order valence-corrected chi connectivity index (χ4v) is 3.63. The number of benzene rings is 2. The van der Waals surface area contributed by atoms with Gasteiger partial charge in [0.05, 0.1) is 35.2 Å². The molecular formula is C17H16Cl2N4O6S. The molecule has 0 unspecified atom stereocenters. The largest absolute Gasteiger partial charge is 0.490 e. The monoisotopic (exact) mass is 474 g/mol. The third kappa shape index (κ3) is 6.05. The molecule has 10 nitrogen and oxygen atoms in total. The lowest BCUT2D eigenvalue weighted by atomic mass is 10.2. The fourth-order valence-electron chi connectivity index (χ4n) is 2.33. The van der Waals surface area contributed by atoms with Gasteiger partial charge in [0.15, 0.2) is 5.75 Å². The van der Waals surface area contributed by atoms with Gasteiger partial charge in [-0.3, -0.25) is 19.2 Å².